The maximum absolute atomic E-state index is 12.5. The number of thiazole rings is 1. The van der Waals surface area contributed by atoms with E-state index in [2.05, 4.69) is 16.5 Å². The largest absolute Gasteiger partial charge is 0.334 e. The van der Waals surface area contributed by atoms with Gasteiger partial charge in [0.25, 0.3) is 5.56 Å². The zero-order valence-electron chi connectivity index (χ0n) is 15.9. The smallest absolute Gasteiger partial charge is 0.259 e. The van der Waals surface area contributed by atoms with Gasteiger partial charge in [0.2, 0.25) is 0 Å². The highest BCUT2D eigenvalue weighted by molar-refractivity contribution is 7.15. The number of fused-ring (bicyclic) bond motifs is 2. The van der Waals surface area contributed by atoms with Crippen LogP contribution in [-0.4, -0.2) is 30.4 Å². The van der Waals surface area contributed by atoms with Crippen LogP contribution in [0, 0.1) is 6.92 Å². The van der Waals surface area contributed by atoms with Gasteiger partial charge in [-0.3, -0.25) is 14.1 Å². The molecule has 1 aliphatic carbocycles. The van der Waals surface area contributed by atoms with E-state index in [4.69, 9.17) is 9.97 Å². The number of rotatable bonds is 3. The summed E-state index contributed by atoms with van der Waals surface area (Å²) in [6.07, 6.45) is 7.09. The number of likely N-dealkylation sites (tertiary alicyclic amines) is 1. The van der Waals surface area contributed by atoms with Crippen molar-refractivity contribution in [2.75, 3.05) is 6.54 Å². The van der Waals surface area contributed by atoms with Gasteiger partial charge in [0.1, 0.15) is 5.82 Å². The molecule has 3 aromatic heterocycles. The number of aromatic nitrogens is 4. The molecule has 2 aliphatic rings. The van der Waals surface area contributed by atoms with Crippen LogP contribution in [0.15, 0.2) is 16.2 Å². The van der Waals surface area contributed by atoms with Crippen molar-refractivity contribution in [3.8, 4) is 0 Å². The molecule has 7 heteroatoms. The third-order valence-electron chi connectivity index (χ3n) is 6.06. The third kappa shape index (κ3) is 2.84. The fraction of sp³-hybridized carbons (Fsp3) is 0.550. The fourth-order valence-electron chi connectivity index (χ4n) is 4.70. The molecule has 142 valence electrons. The van der Waals surface area contributed by atoms with Crippen molar-refractivity contribution in [1.29, 1.82) is 0 Å². The second kappa shape index (κ2) is 6.56. The standard InChI is InChI=1S/C20H25N5OS/c1-13-12-27-20-21-14(10-18(26)25(13)20)11-24-9-5-8-17(24)19-22-15-6-3-4-7-16(15)23(19)2/h10,12,17H,3-9,11H2,1-2H3. The van der Waals surface area contributed by atoms with Gasteiger partial charge < -0.3 is 4.57 Å². The first-order chi connectivity index (χ1) is 13.1. The maximum atomic E-state index is 12.5. The van der Waals surface area contributed by atoms with Crippen molar-refractivity contribution in [2.45, 2.75) is 58.0 Å². The van der Waals surface area contributed by atoms with Crippen LogP contribution in [0.4, 0.5) is 0 Å². The van der Waals surface area contributed by atoms with E-state index in [1.165, 1.54) is 47.8 Å². The summed E-state index contributed by atoms with van der Waals surface area (Å²) in [7, 11) is 2.17. The Hall–Kier alpha value is -1.99. The Labute approximate surface area is 162 Å². The van der Waals surface area contributed by atoms with Crippen LogP contribution >= 0.6 is 11.3 Å². The number of nitrogens with zero attached hydrogens (tertiary/aromatic N) is 5. The predicted molar refractivity (Wildman–Crippen MR) is 106 cm³/mol. The lowest BCUT2D eigenvalue weighted by atomic mass is 10.0. The summed E-state index contributed by atoms with van der Waals surface area (Å²) in [5.74, 6) is 1.20. The molecule has 0 amide bonds. The van der Waals surface area contributed by atoms with E-state index in [0.29, 0.717) is 12.6 Å². The number of imidazole rings is 1. The molecule has 0 aromatic carbocycles. The second-order valence-corrected chi connectivity index (χ2v) is 8.68. The van der Waals surface area contributed by atoms with E-state index in [0.717, 1.165) is 42.2 Å². The van der Waals surface area contributed by atoms with Crippen molar-refractivity contribution < 1.29 is 0 Å². The SMILES string of the molecule is Cc1csc2nc(CN3CCCC3c3nc4c(n3C)CCCC4)cc(=O)n12. The Morgan fingerprint density at radius 3 is 2.93 bits per heavy atom. The molecule has 0 spiro atoms. The van der Waals surface area contributed by atoms with Gasteiger partial charge in [0.15, 0.2) is 4.96 Å². The van der Waals surface area contributed by atoms with Crippen molar-refractivity contribution in [2.24, 2.45) is 7.05 Å². The van der Waals surface area contributed by atoms with Gasteiger partial charge >= 0.3 is 0 Å². The van der Waals surface area contributed by atoms with Crippen LogP contribution < -0.4 is 5.56 Å². The van der Waals surface area contributed by atoms with E-state index in [1.807, 2.05) is 12.3 Å². The molecular formula is C20H25N5OS. The highest BCUT2D eigenvalue weighted by Gasteiger charge is 2.31. The summed E-state index contributed by atoms with van der Waals surface area (Å²) in [5, 5.41) is 1.99. The summed E-state index contributed by atoms with van der Waals surface area (Å²) >= 11 is 1.53. The molecule has 1 fully saturated rings. The fourth-order valence-corrected chi connectivity index (χ4v) is 5.59. The molecule has 0 radical (unpaired) electrons. The Morgan fingerprint density at radius 2 is 2.07 bits per heavy atom. The molecule has 1 saturated heterocycles. The number of aryl methyl sites for hydroxylation is 2. The first-order valence-electron chi connectivity index (χ1n) is 9.87. The van der Waals surface area contributed by atoms with E-state index in [9.17, 15) is 4.79 Å². The summed E-state index contributed by atoms with van der Waals surface area (Å²) in [6.45, 7) is 3.70. The van der Waals surface area contributed by atoms with E-state index < -0.39 is 0 Å². The Kier molecular flexibility index (Phi) is 4.16. The summed E-state index contributed by atoms with van der Waals surface area (Å²) in [4.78, 5) is 25.5. The Bertz CT molecular complexity index is 1060. The van der Waals surface area contributed by atoms with Gasteiger partial charge in [-0.05, 0) is 52.0 Å². The first-order valence-corrected chi connectivity index (χ1v) is 10.7. The highest BCUT2D eigenvalue weighted by Crippen LogP contribution is 2.34. The van der Waals surface area contributed by atoms with Gasteiger partial charge in [-0.1, -0.05) is 0 Å². The summed E-state index contributed by atoms with van der Waals surface area (Å²) in [5.41, 5.74) is 4.58. The van der Waals surface area contributed by atoms with Crippen LogP contribution in [0.3, 0.4) is 0 Å². The minimum Gasteiger partial charge on any atom is -0.334 e. The lowest BCUT2D eigenvalue weighted by Crippen LogP contribution is -2.27. The molecular weight excluding hydrogens is 358 g/mol. The van der Waals surface area contributed by atoms with Gasteiger partial charge in [-0.25, -0.2) is 9.97 Å². The zero-order valence-corrected chi connectivity index (χ0v) is 16.8. The summed E-state index contributed by atoms with van der Waals surface area (Å²) < 4.78 is 4.04. The van der Waals surface area contributed by atoms with Gasteiger partial charge in [-0.2, -0.15) is 0 Å². The van der Waals surface area contributed by atoms with E-state index in [1.54, 1.807) is 10.5 Å². The van der Waals surface area contributed by atoms with Crippen molar-refractivity contribution in [1.82, 2.24) is 23.8 Å². The average molecular weight is 384 g/mol. The molecule has 0 N–H and O–H groups in total. The molecule has 0 saturated carbocycles. The predicted octanol–water partition coefficient (Wildman–Crippen LogP) is 3.01. The minimum atomic E-state index is 0.0250. The lowest BCUT2D eigenvalue weighted by Gasteiger charge is -2.24. The topological polar surface area (TPSA) is 55.4 Å². The highest BCUT2D eigenvalue weighted by atomic mass is 32.1. The molecule has 1 atom stereocenters. The van der Waals surface area contributed by atoms with E-state index >= 15 is 0 Å². The van der Waals surface area contributed by atoms with Gasteiger partial charge in [-0.15, -0.1) is 11.3 Å². The molecule has 5 rings (SSSR count). The first kappa shape index (κ1) is 17.1. The van der Waals surface area contributed by atoms with Crippen LogP contribution in [0.5, 0.6) is 0 Å². The van der Waals surface area contributed by atoms with Crippen molar-refractivity contribution >= 4 is 16.3 Å². The third-order valence-corrected chi connectivity index (χ3v) is 7.01. The zero-order chi connectivity index (χ0) is 18.5. The Balaban J connectivity index is 1.45. The number of hydrogen-bond acceptors (Lipinski definition) is 5. The molecule has 3 aromatic rings. The van der Waals surface area contributed by atoms with Crippen LogP contribution in [0.25, 0.3) is 4.96 Å². The van der Waals surface area contributed by atoms with Crippen molar-refractivity contribution in [3.63, 3.8) is 0 Å². The van der Waals surface area contributed by atoms with E-state index in [-0.39, 0.29) is 5.56 Å². The molecule has 0 bridgehead atoms. The van der Waals surface area contributed by atoms with Gasteiger partial charge in [0.05, 0.1) is 17.4 Å². The van der Waals surface area contributed by atoms with Crippen LogP contribution in [0.1, 0.15) is 60.3 Å². The summed E-state index contributed by atoms with van der Waals surface area (Å²) in [6, 6.07) is 2.02. The molecule has 27 heavy (non-hydrogen) atoms. The minimum absolute atomic E-state index is 0.0250. The quantitative estimate of drug-likeness (QED) is 0.698. The molecule has 1 aliphatic heterocycles. The number of hydrogen-bond donors (Lipinski definition) is 0. The van der Waals surface area contributed by atoms with Crippen molar-refractivity contribution in [3.05, 3.63) is 50.4 Å². The normalized spacial score (nSPS) is 20.4. The second-order valence-electron chi connectivity index (χ2n) is 7.84. The molecule has 6 nitrogen and oxygen atoms in total. The monoisotopic (exact) mass is 383 g/mol. The van der Waals surface area contributed by atoms with Gasteiger partial charge in [0, 0.05) is 36.4 Å². The lowest BCUT2D eigenvalue weighted by molar-refractivity contribution is 0.233. The maximum Gasteiger partial charge on any atom is 0.259 e. The van der Waals surface area contributed by atoms with Crippen LogP contribution in [0.2, 0.25) is 0 Å². The molecule has 1 unspecified atom stereocenters. The molecule has 4 heterocycles. The Morgan fingerprint density at radius 1 is 1.22 bits per heavy atom. The average Bonchev–Trinajstić information content (AvgIpc) is 3.34. The van der Waals surface area contributed by atoms with Crippen LogP contribution in [-0.2, 0) is 26.4 Å².